The van der Waals surface area contributed by atoms with Gasteiger partial charge in [0.25, 0.3) is 5.56 Å². The number of halogens is 1. The summed E-state index contributed by atoms with van der Waals surface area (Å²) in [7, 11) is 0. The van der Waals surface area contributed by atoms with Crippen LogP contribution in [0.15, 0.2) is 29.2 Å². The van der Waals surface area contributed by atoms with Gasteiger partial charge in [-0.15, -0.1) is 4.73 Å². The van der Waals surface area contributed by atoms with Crippen molar-refractivity contribution in [3.63, 3.8) is 0 Å². The van der Waals surface area contributed by atoms with E-state index in [1.807, 2.05) is 0 Å². The molecule has 0 amide bonds. The van der Waals surface area contributed by atoms with Gasteiger partial charge in [-0.25, -0.2) is 0 Å². The van der Waals surface area contributed by atoms with Gasteiger partial charge in [0.15, 0.2) is 0 Å². The summed E-state index contributed by atoms with van der Waals surface area (Å²) in [5.41, 5.74) is 0.360. The number of rotatable bonds is 0. The van der Waals surface area contributed by atoms with Crippen molar-refractivity contribution < 1.29 is 5.21 Å². The highest BCUT2D eigenvalue weighted by Crippen LogP contribution is 2.25. The summed E-state index contributed by atoms with van der Waals surface area (Å²) in [5, 5.41) is 19.7. The number of aromatic nitrogens is 3. The lowest BCUT2D eigenvalue weighted by atomic mass is 10.1. The number of hydrogen-bond donors (Lipinski definition) is 1. The van der Waals surface area contributed by atoms with E-state index in [2.05, 4.69) is 10.2 Å². The van der Waals surface area contributed by atoms with Crippen molar-refractivity contribution in [2.45, 2.75) is 6.92 Å². The van der Waals surface area contributed by atoms with Crippen LogP contribution in [-0.4, -0.2) is 20.1 Å². The first-order valence-corrected chi connectivity index (χ1v) is 5.63. The monoisotopic (exact) mass is 261 g/mol. The van der Waals surface area contributed by atoms with E-state index in [9.17, 15) is 10.0 Å². The van der Waals surface area contributed by atoms with Crippen LogP contribution in [0.5, 0.6) is 0 Å². The minimum atomic E-state index is -0.507. The normalized spacial score (nSPS) is 11.2. The maximum atomic E-state index is 12.1. The Morgan fingerprint density at radius 2 is 2.11 bits per heavy atom. The molecule has 0 radical (unpaired) electrons. The Morgan fingerprint density at radius 1 is 1.33 bits per heavy atom. The highest BCUT2D eigenvalue weighted by Gasteiger charge is 2.13. The Balaban J connectivity index is 2.73. The van der Waals surface area contributed by atoms with Gasteiger partial charge in [0.05, 0.1) is 22.8 Å². The van der Waals surface area contributed by atoms with Crippen LogP contribution in [0.4, 0.5) is 0 Å². The van der Waals surface area contributed by atoms with E-state index < -0.39 is 5.56 Å². The van der Waals surface area contributed by atoms with Gasteiger partial charge < -0.3 is 5.21 Å². The molecule has 6 heteroatoms. The molecule has 0 aliphatic heterocycles. The molecular weight excluding hydrogens is 254 g/mol. The maximum Gasteiger partial charge on any atom is 0.293 e. The lowest BCUT2D eigenvalue weighted by molar-refractivity contribution is 0.190. The van der Waals surface area contributed by atoms with Crippen LogP contribution in [0.25, 0.3) is 21.7 Å². The molecule has 90 valence electrons. The fraction of sp³-hybridized carbons (Fsp3) is 0.0833. The molecule has 0 spiro atoms. The molecule has 5 nitrogen and oxygen atoms in total. The Kier molecular flexibility index (Phi) is 2.24. The van der Waals surface area contributed by atoms with Gasteiger partial charge in [-0.3, -0.25) is 4.79 Å². The average Bonchev–Trinajstić information content (AvgIpc) is 2.35. The smallest absolute Gasteiger partial charge is 0.293 e. The van der Waals surface area contributed by atoms with E-state index in [0.717, 1.165) is 0 Å². The zero-order valence-electron chi connectivity index (χ0n) is 9.38. The Labute approximate surface area is 106 Å². The highest BCUT2D eigenvalue weighted by atomic mass is 35.5. The lowest BCUT2D eigenvalue weighted by Gasteiger charge is -2.08. The van der Waals surface area contributed by atoms with Gasteiger partial charge in [-0.2, -0.15) is 10.2 Å². The van der Waals surface area contributed by atoms with Crippen molar-refractivity contribution >= 4 is 33.3 Å². The van der Waals surface area contributed by atoms with Crippen LogP contribution in [0.2, 0.25) is 5.02 Å². The van der Waals surface area contributed by atoms with Crippen LogP contribution >= 0.6 is 11.6 Å². The summed E-state index contributed by atoms with van der Waals surface area (Å²) in [4.78, 5) is 12.1. The van der Waals surface area contributed by atoms with Crippen LogP contribution in [0.1, 0.15) is 5.69 Å². The third-order valence-corrected chi connectivity index (χ3v) is 3.14. The fourth-order valence-electron chi connectivity index (χ4n) is 2.08. The van der Waals surface area contributed by atoms with Gasteiger partial charge >= 0.3 is 0 Å². The van der Waals surface area contributed by atoms with Crippen LogP contribution in [0.3, 0.4) is 0 Å². The Hall–Kier alpha value is -2.14. The molecule has 0 aliphatic carbocycles. The first-order valence-electron chi connectivity index (χ1n) is 5.25. The second kappa shape index (κ2) is 3.68. The van der Waals surface area contributed by atoms with Crippen LogP contribution in [0, 0.1) is 6.92 Å². The number of benzene rings is 1. The Morgan fingerprint density at radius 3 is 2.89 bits per heavy atom. The molecule has 0 bridgehead atoms. The molecule has 2 heterocycles. The van der Waals surface area contributed by atoms with Gasteiger partial charge in [0.1, 0.15) is 0 Å². The van der Waals surface area contributed by atoms with E-state index in [1.54, 1.807) is 25.1 Å². The molecule has 0 atom stereocenters. The number of pyridine rings is 1. The standard InChI is InChI=1S/C12H8ClN3O2/c1-6-11-9(5-14-15-6)8-4-7(13)2-3-10(8)16(18)12(11)17/h2-5,18H,1H3. The van der Waals surface area contributed by atoms with Gasteiger partial charge in [0.2, 0.25) is 0 Å². The third kappa shape index (κ3) is 1.37. The summed E-state index contributed by atoms with van der Waals surface area (Å²) in [5.74, 6) is 0. The van der Waals surface area contributed by atoms with Crippen LogP contribution in [-0.2, 0) is 0 Å². The molecule has 2 aromatic heterocycles. The number of hydrogen-bond acceptors (Lipinski definition) is 4. The van der Waals surface area contributed by atoms with E-state index >= 15 is 0 Å². The van der Waals surface area contributed by atoms with Crippen molar-refractivity contribution in [2.75, 3.05) is 0 Å². The molecule has 0 fully saturated rings. The molecule has 0 saturated heterocycles. The SMILES string of the molecule is Cc1nncc2c1c(=O)n(O)c1ccc(Cl)cc21. The maximum absolute atomic E-state index is 12.1. The zero-order valence-corrected chi connectivity index (χ0v) is 10.1. The number of aryl methyl sites for hydroxylation is 1. The number of fused-ring (bicyclic) bond motifs is 3. The summed E-state index contributed by atoms with van der Waals surface area (Å²) < 4.78 is 0.614. The quantitative estimate of drug-likeness (QED) is 0.497. The van der Waals surface area contributed by atoms with E-state index in [-0.39, 0.29) is 0 Å². The van der Waals surface area contributed by atoms with Gasteiger partial charge in [-0.1, -0.05) is 11.6 Å². The van der Waals surface area contributed by atoms with Gasteiger partial charge in [-0.05, 0) is 25.1 Å². The second-order valence-corrected chi connectivity index (χ2v) is 4.43. The van der Waals surface area contributed by atoms with Crippen molar-refractivity contribution in [3.8, 4) is 0 Å². The minimum absolute atomic E-state index is 0.349. The highest BCUT2D eigenvalue weighted by molar-refractivity contribution is 6.31. The van der Waals surface area contributed by atoms with E-state index in [0.29, 0.717) is 37.1 Å². The molecule has 18 heavy (non-hydrogen) atoms. The summed E-state index contributed by atoms with van der Waals surface area (Å²) in [6.45, 7) is 1.67. The molecular formula is C12H8ClN3O2. The predicted octanol–water partition coefficient (Wildman–Crippen LogP) is 2.14. The van der Waals surface area contributed by atoms with Gasteiger partial charge in [0, 0.05) is 15.8 Å². The molecule has 3 rings (SSSR count). The van der Waals surface area contributed by atoms with E-state index in [4.69, 9.17) is 11.6 Å². The van der Waals surface area contributed by atoms with E-state index in [1.165, 1.54) is 6.20 Å². The lowest BCUT2D eigenvalue weighted by Crippen LogP contribution is -2.19. The fourth-order valence-corrected chi connectivity index (χ4v) is 2.25. The van der Waals surface area contributed by atoms with Crippen LogP contribution < -0.4 is 5.56 Å². The summed E-state index contributed by atoms with van der Waals surface area (Å²) >= 11 is 5.95. The molecule has 3 aromatic rings. The van der Waals surface area contributed by atoms with Crippen molar-refractivity contribution in [1.82, 2.24) is 14.9 Å². The molecule has 0 saturated carbocycles. The topological polar surface area (TPSA) is 68.0 Å². The zero-order chi connectivity index (χ0) is 12.9. The van der Waals surface area contributed by atoms with Crippen molar-refractivity contribution in [1.29, 1.82) is 0 Å². The molecule has 1 N–H and O–H groups in total. The average molecular weight is 262 g/mol. The summed E-state index contributed by atoms with van der Waals surface area (Å²) in [6, 6.07) is 4.89. The predicted molar refractivity (Wildman–Crippen MR) is 68.2 cm³/mol. The minimum Gasteiger partial charge on any atom is -0.425 e. The third-order valence-electron chi connectivity index (χ3n) is 2.91. The molecule has 0 unspecified atom stereocenters. The Bertz CT molecular complexity index is 842. The molecule has 1 aromatic carbocycles. The van der Waals surface area contributed by atoms with Crippen molar-refractivity contribution in [3.05, 3.63) is 45.5 Å². The second-order valence-electron chi connectivity index (χ2n) is 4.00. The van der Waals surface area contributed by atoms with Crippen molar-refractivity contribution in [2.24, 2.45) is 0 Å². The first-order chi connectivity index (χ1) is 8.59. The molecule has 0 aliphatic rings. The number of nitrogens with zero attached hydrogens (tertiary/aromatic N) is 3. The first kappa shape index (κ1) is 11.0. The summed E-state index contributed by atoms with van der Waals surface area (Å²) in [6.07, 6.45) is 1.50. The largest absolute Gasteiger partial charge is 0.425 e.